The fourth-order valence-corrected chi connectivity index (χ4v) is 2.45. The number of hydrogen-bond donors (Lipinski definition) is 1. The molecule has 0 saturated heterocycles. The molecule has 0 aliphatic heterocycles. The minimum atomic E-state index is 0.642. The molecule has 1 aromatic heterocycles. The first-order valence-electron chi connectivity index (χ1n) is 6.00. The SMILES string of the molecule is NCCn1nncc1C1CCCCCC1. The van der Waals surface area contributed by atoms with Crippen LogP contribution in [0.3, 0.4) is 0 Å². The Morgan fingerprint density at radius 2 is 2.00 bits per heavy atom. The van der Waals surface area contributed by atoms with E-state index in [1.807, 2.05) is 10.9 Å². The number of aromatic nitrogens is 3. The lowest BCUT2D eigenvalue weighted by atomic mass is 9.97. The van der Waals surface area contributed by atoms with Crippen LogP contribution < -0.4 is 5.73 Å². The molecule has 4 nitrogen and oxygen atoms in total. The molecule has 0 spiro atoms. The van der Waals surface area contributed by atoms with E-state index in [-0.39, 0.29) is 0 Å². The largest absolute Gasteiger partial charge is 0.329 e. The summed E-state index contributed by atoms with van der Waals surface area (Å²) < 4.78 is 1.98. The van der Waals surface area contributed by atoms with Crippen molar-refractivity contribution in [3.63, 3.8) is 0 Å². The van der Waals surface area contributed by atoms with E-state index in [1.54, 1.807) is 0 Å². The van der Waals surface area contributed by atoms with E-state index >= 15 is 0 Å². The average molecular weight is 208 g/mol. The van der Waals surface area contributed by atoms with Crippen LogP contribution in [0, 0.1) is 0 Å². The third kappa shape index (κ3) is 2.56. The van der Waals surface area contributed by atoms with Crippen LogP contribution in [0.4, 0.5) is 0 Å². The molecule has 84 valence electrons. The van der Waals surface area contributed by atoms with Gasteiger partial charge < -0.3 is 5.73 Å². The van der Waals surface area contributed by atoms with Crippen molar-refractivity contribution < 1.29 is 0 Å². The molecule has 0 unspecified atom stereocenters. The summed E-state index contributed by atoms with van der Waals surface area (Å²) >= 11 is 0. The van der Waals surface area contributed by atoms with E-state index in [2.05, 4.69) is 10.3 Å². The molecule has 2 rings (SSSR count). The quantitative estimate of drug-likeness (QED) is 0.769. The summed E-state index contributed by atoms with van der Waals surface area (Å²) in [7, 11) is 0. The van der Waals surface area contributed by atoms with Gasteiger partial charge in [-0.15, -0.1) is 5.10 Å². The molecule has 15 heavy (non-hydrogen) atoms. The van der Waals surface area contributed by atoms with Gasteiger partial charge in [-0.2, -0.15) is 0 Å². The minimum absolute atomic E-state index is 0.642. The molecule has 0 bridgehead atoms. The van der Waals surface area contributed by atoms with Crippen molar-refractivity contribution >= 4 is 0 Å². The first-order chi connectivity index (χ1) is 7.42. The van der Waals surface area contributed by atoms with Gasteiger partial charge in [0.2, 0.25) is 0 Å². The molecule has 1 aliphatic carbocycles. The van der Waals surface area contributed by atoms with Gasteiger partial charge in [-0.05, 0) is 12.8 Å². The fraction of sp³-hybridized carbons (Fsp3) is 0.818. The van der Waals surface area contributed by atoms with Gasteiger partial charge in [-0.25, -0.2) is 4.68 Å². The molecule has 0 aromatic carbocycles. The molecular formula is C11H20N4. The van der Waals surface area contributed by atoms with Crippen molar-refractivity contribution in [3.05, 3.63) is 11.9 Å². The maximum Gasteiger partial charge on any atom is 0.0728 e. The first kappa shape index (κ1) is 10.6. The third-order valence-electron chi connectivity index (χ3n) is 3.26. The summed E-state index contributed by atoms with van der Waals surface area (Å²) in [6, 6.07) is 0. The predicted octanol–water partition coefficient (Wildman–Crippen LogP) is 1.67. The fourth-order valence-electron chi connectivity index (χ4n) is 2.45. The lowest BCUT2D eigenvalue weighted by molar-refractivity contribution is 0.503. The highest BCUT2D eigenvalue weighted by Gasteiger charge is 2.18. The van der Waals surface area contributed by atoms with E-state index in [4.69, 9.17) is 5.73 Å². The summed E-state index contributed by atoms with van der Waals surface area (Å²) in [5.74, 6) is 0.661. The molecule has 0 atom stereocenters. The van der Waals surface area contributed by atoms with Gasteiger partial charge >= 0.3 is 0 Å². The summed E-state index contributed by atoms with van der Waals surface area (Å²) in [5.41, 5.74) is 6.85. The second kappa shape index (κ2) is 5.26. The van der Waals surface area contributed by atoms with Gasteiger partial charge in [-0.3, -0.25) is 0 Å². The van der Waals surface area contributed by atoms with Crippen LogP contribution in [0.15, 0.2) is 6.20 Å². The summed E-state index contributed by atoms with van der Waals surface area (Å²) in [6.45, 7) is 1.44. The van der Waals surface area contributed by atoms with Crippen molar-refractivity contribution in [2.45, 2.75) is 51.0 Å². The van der Waals surface area contributed by atoms with E-state index in [0.717, 1.165) is 6.54 Å². The average Bonchev–Trinajstić information content (AvgIpc) is 2.53. The van der Waals surface area contributed by atoms with Crippen LogP contribution in [-0.4, -0.2) is 21.5 Å². The van der Waals surface area contributed by atoms with Crippen LogP contribution in [0.25, 0.3) is 0 Å². The van der Waals surface area contributed by atoms with Gasteiger partial charge in [0.1, 0.15) is 0 Å². The molecule has 0 radical (unpaired) electrons. The van der Waals surface area contributed by atoms with Gasteiger partial charge in [-0.1, -0.05) is 30.9 Å². The van der Waals surface area contributed by atoms with Gasteiger partial charge in [0.05, 0.1) is 18.4 Å². The number of nitrogens with two attached hydrogens (primary N) is 1. The number of hydrogen-bond acceptors (Lipinski definition) is 3. The molecule has 4 heteroatoms. The highest BCUT2D eigenvalue weighted by Crippen LogP contribution is 2.30. The Balaban J connectivity index is 2.08. The second-order valence-corrected chi connectivity index (χ2v) is 4.36. The minimum Gasteiger partial charge on any atom is -0.329 e. The zero-order valence-corrected chi connectivity index (χ0v) is 9.23. The molecule has 2 N–H and O–H groups in total. The van der Waals surface area contributed by atoms with Crippen molar-refractivity contribution in [2.75, 3.05) is 6.54 Å². The zero-order valence-electron chi connectivity index (χ0n) is 9.23. The van der Waals surface area contributed by atoms with Crippen molar-refractivity contribution in [1.29, 1.82) is 0 Å². The second-order valence-electron chi connectivity index (χ2n) is 4.36. The molecular weight excluding hydrogens is 188 g/mol. The van der Waals surface area contributed by atoms with E-state index in [9.17, 15) is 0 Å². The van der Waals surface area contributed by atoms with Crippen molar-refractivity contribution in [2.24, 2.45) is 5.73 Å². The monoisotopic (exact) mass is 208 g/mol. The smallest absolute Gasteiger partial charge is 0.0728 e. The van der Waals surface area contributed by atoms with Crippen LogP contribution in [-0.2, 0) is 6.54 Å². The number of rotatable bonds is 3. The lowest BCUT2D eigenvalue weighted by Gasteiger charge is -2.14. The Morgan fingerprint density at radius 3 is 2.67 bits per heavy atom. The van der Waals surface area contributed by atoms with E-state index in [0.29, 0.717) is 12.5 Å². The van der Waals surface area contributed by atoms with Crippen LogP contribution in [0.2, 0.25) is 0 Å². The van der Waals surface area contributed by atoms with Crippen LogP contribution >= 0.6 is 0 Å². The molecule has 1 saturated carbocycles. The standard InChI is InChI=1S/C11H20N4/c12-7-8-15-11(9-13-14-15)10-5-3-1-2-4-6-10/h9-10H,1-8,12H2. The highest BCUT2D eigenvalue weighted by atomic mass is 15.4. The van der Waals surface area contributed by atoms with E-state index < -0.39 is 0 Å². The molecule has 1 aromatic rings. The van der Waals surface area contributed by atoms with Crippen molar-refractivity contribution in [3.8, 4) is 0 Å². The molecule has 1 fully saturated rings. The van der Waals surface area contributed by atoms with Crippen LogP contribution in [0.5, 0.6) is 0 Å². The Hall–Kier alpha value is -0.900. The topological polar surface area (TPSA) is 56.7 Å². The Kier molecular flexibility index (Phi) is 3.72. The molecule has 1 aliphatic rings. The normalized spacial score (nSPS) is 19.0. The molecule has 1 heterocycles. The van der Waals surface area contributed by atoms with Gasteiger partial charge in [0, 0.05) is 12.5 Å². The summed E-state index contributed by atoms with van der Waals surface area (Å²) in [5, 5.41) is 8.10. The van der Waals surface area contributed by atoms with Crippen molar-refractivity contribution in [1.82, 2.24) is 15.0 Å². The Bertz CT molecular complexity index is 287. The highest BCUT2D eigenvalue weighted by molar-refractivity contribution is 5.03. The van der Waals surface area contributed by atoms with Gasteiger partial charge in [0.15, 0.2) is 0 Å². The number of nitrogens with zero attached hydrogens (tertiary/aromatic N) is 3. The third-order valence-corrected chi connectivity index (χ3v) is 3.26. The molecule has 0 amide bonds. The predicted molar refractivity (Wildman–Crippen MR) is 59.5 cm³/mol. The summed E-state index contributed by atoms with van der Waals surface area (Å²) in [6.07, 6.45) is 9.96. The maximum absolute atomic E-state index is 5.56. The lowest BCUT2D eigenvalue weighted by Crippen LogP contribution is -2.15. The summed E-state index contributed by atoms with van der Waals surface area (Å²) in [4.78, 5) is 0. The van der Waals surface area contributed by atoms with Crippen LogP contribution in [0.1, 0.15) is 50.1 Å². The Labute approximate surface area is 90.8 Å². The Morgan fingerprint density at radius 1 is 1.27 bits per heavy atom. The first-order valence-corrected chi connectivity index (χ1v) is 6.00. The van der Waals surface area contributed by atoms with E-state index in [1.165, 1.54) is 44.2 Å². The zero-order chi connectivity index (χ0) is 10.5. The maximum atomic E-state index is 5.56. The van der Waals surface area contributed by atoms with Gasteiger partial charge in [0.25, 0.3) is 0 Å².